The van der Waals surface area contributed by atoms with E-state index in [9.17, 15) is 23.5 Å². The minimum Gasteiger partial charge on any atom is -0.394 e. The molecule has 2 heterocycles. The van der Waals surface area contributed by atoms with Gasteiger partial charge in [0, 0.05) is 47.8 Å². The molecule has 2 aliphatic carbocycles. The number of H-pyrrole nitrogens is 1. The zero-order chi connectivity index (χ0) is 25.2. The van der Waals surface area contributed by atoms with Gasteiger partial charge in [-0.1, -0.05) is 18.9 Å². The van der Waals surface area contributed by atoms with Gasteiger partial charge < -0.3 is 15.7 Å². The van der Waals surface area contributed by atoms with E-state index in [1.807, 2.05) is 0 Å². The van der Waals surface area contributed by atoms with E-state index in [0.29, 0.717) is 29.8 Å². The summed E-state index contributed by atoms with van der Waals surface area (Å²) in [5.74, 6) is -1.90. The molecule has 0 bridgehead atoms. The highest BCUT2D eigenvalue weighted by Gasteiger charge is 2.32. The van der Waals surface area contributed by atoms with Gasteiger partial charge in [0.05, 0.1) is 24.5 Å². The Morgan fingerprint density at radius 3 is 2.78 bits per heavy atom. The molecule has 2 atom stereocenters. The van der Waals surface area contributed by atoms with Crippen LogP contribution in [0.15, 0.2) is 48.1 Å². The Morgan fingerprint density at radius 1 is 1.25 bits per heavy atom. The third-order valence-electron chi connectivity index (χ3n) is 7.23. The highest BCUT2D eigenvalue weighted by atomic mass is 19.1. The number of aromatic amines is 1. The van der Waals surface area contributed by atoms with Crippen molar-refractivity contribution in [2.24, 2.45) is 5.92 Å². The van der Waals surface area contributed by atoms with Crippen molar-refractivity contribution in [3.63, 3.8) is 0 Å². The number of rotatable bonds is 6. The van der Waals surface area contributed by atoms with E-state index in [0.717, 1.165) is 31.2 Å². The van der Waals surface area contributed by atoms with E-state index < -0.39 is 36.2 Å². The number of benzene rings is 1. The average molecular weight is 498 g/mol. The van der Waals surface area contributed by atoms with E-state index >= 15 is 0 Å². The molecule has 3 amide bonds. The van der Waals surface area contributed by atoms with Crippen LogP contribution in [0.5, 0.6) is 0 Å². The Bertz CT molecular complexity index is 1200. The van der Waals surface area contributed by atoms with Crippen molar-refractivity contribution >= 4 is 17.6 Å². The van der Waals surface area contributed by atoms with Gasteiger partial charge in [-0.3, -0.25) is 14.8 Å². The normalized spacial score (nSPS) is 20.5. The number of carbonyl (C=O) groups excluding carboxylic acids is 2. The molecule has 4 N–H and O–H groups in total. The molecule has 2 aromatic rings. The molecule has 1 saturated carbocycles. The summed E-state index contributed by atoms with van der Waals surface area (Å²) in [6.07, 6.45) is 10.4. The number of nitrogens with one attached hydrogen (secondary N) is 3. The van der Waals surface area contributed by atoms with Gasteiger partial charge in [-0.25, -0.2) is 13.6 Å². The number of allylic oxidation sites excluding steroid dienone is 1. The number of aliphatic hydroxyl groups excluding tert-OH is 1. The van der Waals surface area contributed by atoms with Gasteiger partial charge in [0.2, 0.25) is 0 Å². The van der Waals surface area contributed by atoms with Gasteiger partial charge in [0.1, 0.15) is 11.6 Å². The molecule has 5 rings (SSSR count). The Kier molecular flexibility index (Phi) is 6.86. The Morgan fingerprint density at radius 2 is 2.06 bits per heavy atom. The van der Waals surface area contributed by atoms with Crippen LogP contribution in [0.4, 0.5) is 19.3 Å². The Balaban J connectivity index is 1.29. The maximum Gasteiger partial charge on any atom is 0.322 e. The SMILES string of the molecule is O=C(NC1CCCC1)C1=CC([C@@H](CO)NC(=O)N2CCc3cc(-c4cn[nH]c4)c(F)cc32)CC(F)=C1. The molecule has 0 saturated heterocycles. The van der Waals surface area contributed by atoms with Crippen molar-refractivity contribution in [1.82, 2.24) is 20.8 Å². The van der Waals surface area contributed by atoms with Crippen LogP contribution in [0, 0.1) is 11.7 Å². The lowest BCUT2D eigenvalue weighted by molar-refractivity contribution is -0.117. The zero-order valence-electron chi connectivity index (χ0n) is 19.8. The summed E-state index contributed by atoms with van der Waals surface area (Å²) in [6.45, 7) is -0.0936. The number of urea groups is 1. The topological polar surface area (TPSA) is 110 Å². The highest BCUT2D eigenvalue weighted by molar-refractivity contribution is 5.97. The van der Waals surface area contributed by atoms with E-state index in [1.54, 1.807) is 18.3 Å². The molecule has 0 spiro atoms. The number of nitrogens with zero attached hydrogens (tertiary/aromatic N) is 2. The summed E-state index contributed by atoms with van der Waals surface area (Å²) in [6, 6.07) is 1.81. The standard InChI is InChI=1S/C26H29F2N5O3/c27-19-8-16(7-17(9-19)25(35)31-20-3-1-2-4-20)23(14-34)32-26(36)33-6-5-15-10-21(18-12-29-30-13-18)22(28)11-24(15)33/h7,9-13,16,20,23,34H,1-6,8,14H2,(H,29,30)(H,31,35)(H,32,36)/t16?,23-/m1/s1. The van der Waals surface area contributed by atoms with Gasteiger partial charge >= 0.3 is 6.03 Å². The third-order valence-corrected chi connectivity index (χ3v) is 7.23. The van der Waals surface area contributed by atoms with Crippen LogP contribution in [0.1, 0.15) is 37.7 Å². The molecule has 8 nitrogen and oxygen atoms in total. The van der Waals surface area contributed by atoms with Crippen molar-refractivity contribution in [1.29, 1.82) is 0 Å². The highest BCUT2D eigenvalue weighted by Crippen LogP contribution is 2.35. The smallest absolute Gasteiger partial charge is 0.322 e. The number of aromatic nitrogens is 2. The molecule has 1 aromatic heterocycles. The molecule has 0 radical (unpaired) electrons. The molecule has 3 aliphatic rings. The minimum absolute atomic E-state index is 0.0367. The molecule has 190 valence electrons. The number of hydrogen-bond acceptors (Lipinski definition) is 4. The second kappa shape index (κ2) is 10.2. The molecule has 10 heteroatoms. The number of anilines is 1. The first kappa shape index (κ1) is 24.2. The van der Waals surface area contributed by atoms with Gasteiger partial charge in [0.15, 0.2) is 0 Å². The third kappa shape index (κ3) is 4.90. The summed E-state index contributed by atoms with van der Waals surface area (Å²) >= 11 is 0. The maximum absolute atomic E-state index is 14.8. The first-order valence-corrected chi connectivity index (χ1v) is 12.3. The van der Waals surface area contributed by atoms with Gasteiger partial charge in [0.25, 0.3) is 5.91 Å². The Hall–Kier alpha value is -3.53. The van der Waals surface area contributed by atoms with Crippen LogP contribution in [-0.2, 0) is 11.2 Å². The second-order valence-corrected chi connectivity index (χ2v) is 9.62. The van der Waals surface area contributed by atoms with Crippen LogP contribution in [0.25, 0.3) is 11.1 Å². The lowest BCUT2D eigenvalue weighted by atomic mass is 9.89. The van der Waals surface area contributed by atoms with Crippen LogP contribution in [-0.4, -0.2) is 52.5 Å². The van der Waals surface area contributed by atoms with Crippen LogP contribution < -0.4 is 15.5 Å². The quantitative estimate of drug-likeness (QED) is 0.490. The van der Waals surface area contributed by atoms with Gasteiger partial charge in [-0.15, -0.1) is 0 Å². The van der Waals surface area contributed by atoms with E-state index in [4.69, 9.17) is 0 Å². The predicted octanol–water partition coefficient (Wildman–Crippen LogP) is 3.51. The molecule has 1 aromatic carbocycles. The number of hydrogen-bond donors (Lipinski definition) is 4. The fourth-order valence-electron chi connectivity index (χ4n) is 5.30. The molecule has 1 unspecified atom stereocenters. The van der Waals surface area contributed by atoms with Crippen molar-refractivity contribution in [3.8, 4) is 11.1 Å². The molecule has 1 aliphatic heterocycles. The first-order chi connectivity index (χ1) is 17.4. The number of aliphatic hydroxyl groups is 1. The zero-order valence-corrected chi connectivity index (χ0v) is 19.8. The lowest BCUT2D eigenvalue weighted by Crippen LogP contribution is -2.49. The fraction of sp³-hybridized carbons (Fsp3) is 0.423. The predicted molar refractivity (Wildman–Crippen MR) is 130 cm³/mol. The minimum atomic E-state index is -0.815. The van der Waals surface area contributed by atoms with Crippen molar-refractivity contribution in [3.05, 3.63) is 59.5 Å². The number of amides is 3. The van der Waals surface area contributed by atoms with Gasteiger partial charge in [-0.2, -0.15) is 5.10 Å². The summed E-state index contributed by atoms with van der Waals surface area (Å²) < 4.78 is 29.3. The molecule has 36 heavy (non-hydrogen) atoms. The summed E-state index contributed by atoms with van der Waals surface area (Å²) in [7, 11) is 0. The second-order valence-electron chi connectivity index (χ2n) is 9.62. The van der Waals surface area contributed by atoms with Crippen molar-refractivity contribution in [2.45, 2.75) is 50.6 Å². The number of carbonyl (C=O) groups is 2. The summed E-state index contributed by atoms with van der Waals surface area (Å²) in [5, 5.41) is 22.3. The average Bonchev–Trinajstić information content (AvgIpc) is 3.63. The number of halogens is 2. The van der Waals surface area contributed by atoms with E-state index in [1.165, 1.54) is 23.2 Å². The first-order valence-electron chi connectivity index (χ1n) is 12.3. The largest absolute Gasteiger partial charge is 0.394 e. The molecular weight excluding hydrogens is 468 g/mol. The summed E-state index contributed by atoms with van der Waals surface area (Å²) in [5.41, 5.74) is 2.49. The van der Waals surface area contributed by atoms with Crippen LogP contribution in [0.2, 0.25) is 0 Å². The van der Waals surface area contributed by atoms with E-state index in [-0.39, 0.29) is 23.9 Å². The molecule has 1 fully saturated rings. The van der Waals surface area contributed by atoms with Crippen LogP contribution in [0.3, 0.4) is 0 Å². The van der Waals surface area contributed by atoms with Crippen molar-refractivity contribution in [2.75, 3.05) is 18.1 Å². The fourth-order valence-corrected chi connectivity index (χ4v) is 5.30. The number of fused-ring (bicyclic) bond motifs is 1. The van der Waals surface area contributed by atoms with E-state index in [2.05, 4.69) is 20.8 Å². The van der Waals surface area contributed by atoms with Crippen molar-refractivity contribution < 1.29 is 23.5 Å². The summed E-state index contributed by atoms with van der Waals surface area (Å²) in [4.78, 5) is 27.2. The maximum atomic E-state index is 14.8. The van der Waals surface area contributed by atoms with Crippen LogP contribution >= 0.6 is 0 Å². The monoisotopic (exact) mass is 497 g/mol. The molecular formula is C26H29F2N5O3. The Labute approximate surface area is 207 Å². The lowest BCUT2D eigenvalue weighted by Gasteiger charge is -2.29. The van der Waals surface area contributed by atoms with Gasteiger partial charge in [-0.05, 0) is 43.0 Å².